The monoisotopic (exact) mass is 355 g/mol. The average Bonchev–Trinajstić information content (AvgIpc) is 2.58. The quantitative estimate of drug-likeness (QED) is 0.882. The Morgan fingerprint density at radius 2 is 1.88 bits per heavy atom. The summed E-state index contributed by atoms with van der Waals surface area (Å²) in [5.74, 6) is -0.0906. The van der Waals surface area contributed by atoms with Crippen molar-refractivity contribution in [2.24, 2.45) is 11.0 Å². The van der Waals surface area contributed by atoms with E-state index in [1.807, 2.05) is 43.3 Å². The van der Waals surface area contributed by atoms with Crippen molar-refractivity contribution in [3.63, 3.8) is 0 Å². The molecular formula is C19H18ClN3O2. The molecule has 0 radical (unpaired) electrons. The van der Waals surface area contributed by atoms with Crippen molar-refractivity contribution in [2.75, 3.05) is 5.32 Å². The number of hydrazone groups is 1. The molecule has 25 heavy (non-hydrogen) atoms. The maximum atomic E-state index is 12.1. The Labute approximate surface area is 151 Å². The lowest BCUT2D eigenvalue weighted by Gasteiger charge is -2.19. The van der Waals surface area contributed by atoms with E-state index in [0.717, 1.165) is 22.5 Å². The van der Waals surface area contributed by atoms with Crippen molar-refractivity contribution in [3.05, 3.63) is 64.7 Å². The minimum absolute atomic E-state index is 0.0673. The molecule has 1 atom stereocenters. The summed E-state index contributed by atoms with van der Waals surface area (Å²) in [5.41, 5.74) is 5.91. The number of hydrogen-bond acceptors (Lipinski definition) is 3. The van der Waals surface area contributed by atoms with E-state index in [1.165, 1.54) is 0 Å². The van der Waals surface area contributed by atoms with Crippen LogP contribution in [-0.2, 0) is 16.0 Å². The van der Waals surface area contributed by atoms with Crippen molar-refractivity contribution in [1.82, 2.24) is 5.43 Å². The lowest BCUT2D eigenvalue weighted by Crippen LogP contribution is -2.31. The van der Waals surface area contributed by atoms with Gasteiger partial charge in [-0.05, 0) is 35.4 Å². The molecular weight excluding hydrogens is 338 g/mol. The molecule has 6 heteroatoms. The molecule has 0 saturated heterocycles. The van der Waals surface area contributed by atoms with E-state index >= 15 is 0 Å². The first-order chi connectivity index (χ1) is 12.0. The highest BCUT2D eigenvalue weighted by molar-refractivity contribution is 6.30. The van der Waals surface area contributed by atoms with E-state index in [2.05, 4.69) is 15.8 Å². The summed E-state index contributed by atoms with van der Waals surface area (Å²) in [6.07, 6.45) is 0.715. The molecule has 1 heterocycles. The second-order valence-electron chi connectivity index (χ2n) is 6.07. The van der Waals surface area contributed by atoms with Gasteiger partial charge in [-0.25, -0.2) is 5.43 Å². The molecule has 2 N–H and O–H groups in total. The zero-order chi connectivity index (χ0) is 17.8. The highest BCUT2D eigenvalue weighted by atomic mass is 35.5. The molecule has 3 rings (SSSR count). The molecule has 0 bridgehead atoms. The molecule has 128 valence electrons. The van der Waals surface area contributed by atoms with Crippen LogP contribution in [0.4, 0.5) is 5.69 Å². The van der Waals surface area contributed by atoms with Gasteiger partial charge >= 0.3 is 0 Å². The van der Waals surface area contributed by atoms with Gasteiger partial charge in [-0.1, -0.05) is 42.8 Å². The number of halogens is 1. The Kier molecular flexibility index (Phi) is 5.14. The number of nitrogens with one attached hydrogen (secondary N) is 2. The normalized spacial score (nSPS) is 16.8. The Morgan fingerprint density at radius 3 is 2.52 bits per heavy atom. The van der Waals surface area contributed by atoms with Crippen molar-refractivity contribution in [1.29, 1.82) is 0 Å². The minimum atomic E-state index is -0.0919. The highest BCUT2D eigenvalue weighted by Gasteiger charge is 2.21. The maximum absolute atomic E-state index is 12.1. The van der Waals surface area contributed by atoms with Crippen LogP contribution in [0.25, 0.3) is 0 Å². The van der Waals surface area contributed by atoms with Gasteiger partial charge in [0.05, 0.1) is 12.1 Å². The van der Waals surface area contributed by atoms with Crippen molar-refractivity contribution in [2.45, 2.75) is 19.8 Å². The number of rotatable bonds is 4. The van der Waals surface area contributed by atoms with Gasteiger partial charge in [0, 0.05) is 23.0 Å². The fourth-order valence-corrected chi connectivity index (χ4v) is 2.85. The Hall–Kier alpha value is -2.66. The maximum Gasteiger partial charge on any atom is 0.240 e. The third kappa shape index (κ3) is 4.45. The number of carbonyl (C=O) groups is 2. The lowest BCUT2D eigenvalue weighted by atomic mass is 9.94. The topological polar surface area (TPSA) is 70.6 Å². The summed E-state index contributed by atoms with van der Waals surface area (Å²) >= 11 is 5.84. The van der Waals surface area contributed by atoms with Crippen molar-refractivity contribution >= 4 is 34.8 Å². The summed E-state index contributed by atoms with van der Waals surface area (Å²) in [4.78, 5) is 23.4. The smallest absolute Gasteiger partial charge is 0.240 e. The Bertz CT molecular complexity index is 814. The summed E-state index contributed by atoms with van der Waals surface area (Å²) in [6, 6.07) is 14.7. The van der Waals surface area contributed by atoms with Crippen molar-refractivity contribution in [3.8, 4) is 0 Å². The van der Waals surface area contributed by atoms with E-state index in [4.69, 9.17) is 11.6 Å². The van der Waals surface area contributed by atoms with Gasteiger partial charge < -0.3 is 5.32 Å². The molecule has 1 aliphatic heterocycles. The molecule has 0 aromatic heterocycles. The van der Waals surface area contributed by atoms with Crippen LogP contribution in [0.5, 0.6) is 0 Å². The van der Waals surface area contributed by atoms with Gasteiger partial charge in [-0.15, -0.1) is 0 Å². The van der Waals surface area contributed by atoms with Crippen molar-refractivity contribution < 1.29 is 9.59 Å². The molecule has 2 aromatic carbocycles. The van der Waals surface area contributed by atoms with Crippen LogP contribution in [0.3, 0.4) is 0 Å². The first-order valence-electron chi connectivity index (χ1n) is 8.02. The third-order valence-electron chi connectivity index (χ3n) is 4.00. The second-order valence-corrected chi connectivity index (χ2v) is 6.50. The average molecular weight is 356 g/mol. The minimum Gasteiger partial charge on any atom is -0.326 e. The number of carbonyl (C=O) groups excluding carboxylic acids is 2. The highest BCUT2D eigenvalue weighted by Crippen LogP contribution is 2.19. The van der Waals surface area contributed by atoms with Gasteiger partial charge in [-0.3, -0.25) is 9.59 Å². The van der Waals surface area contributed by atoms with Crippen LogP contribution in [0.1, 0.15) is 24.5 Å². The van der Waals surface area contributed by atoms with Gasteiger partial charge in [0.2, 0.25) is 11.8 Å². The van der Waals surface area contributed by atoms with Gasteiger partial charge in [-0.2, -0.15) is 5.10 Å². The van der Waals surface area contributed by atoms with E-state index in [0.29, 0.717) is 11.4 Å². The predicted molar refractivity (Wildman–Crippen MR) is 98.7 cm³/mol. The molecule has 0 aliphatic carbocycles. The Morgan fingerprint density at radius 1 is 1.20 bits per heavy atom. The van der Waals surface area contributed by atoms with Crippen LogP contribution >= 0.6 is 11.6 Å². The molecule has 0 spiro atoms. The standard InChI is InChI=1S/C19H18ClN3O2/c1-12-10-18(25)22-23-19(12)14-4-8-16(9-5-14)21-17(24)11-13-2-6-15(20)7-3-13/h2-9,12H,10-11H2,1H3,(H,21,24)(H,22,25). The molecule has 1 aliphatic rings. The molecule has 2 amide bonds. The molecule has 0 fully saturated rings. The van der Waals surface area contributed by atoms with Crippen LogP contribution in [0.2, 0.25) is 5.02 Å². The Balaban J connectivity index is 1.63. The number of benzene rings is 2. The SMILES string of the molecule is CC1CC(=O)NN=C1c1ccc(NC(=O)Cc2ccc(Cl)cc2)cc1. The van der Waals surface area contributed by atoms with Gasteiger partial charge in [0.25, 0.3) is 0 Å². The van der Waals surface area contributed by atoms with Gasteiger partial charge in [0.1, 0.15) is 0 Å². The number of hydrogen-bond donors (Lipinski definition) is 2. The number of amides is 2. The molecule has 5 nitrogen and oxygen atoms in total. The molecule has 2 aromatic rings. The molecule has 1 unspecified atom stereocenters. The van der Waals surface area contributed by atoms with Crippen LogP contribution < -0.4 is 10.7 Å². The zero-order valence-electron chi connectivity index (χ0n) is 13.8. The van der Waals surface area contributed by atoms with E-state index < -0.39 is 0 Å². The zero-order valence-corrected chi connectivity index (χ0v) is 14.5. The summed E-state index contributed by atoms with van der Waals surface area (Å²) in [5, 5.41) is 7.66. The summed E-state index contributed by atoms with van der Waals surface area (Å²) < 4.78 is 0. The summed E-state index contributed by atoms with van der Waals surface area (Å²) in [7, 11) is 0. The fraction of sp³-hybridized carbons (Fsp3) is 0.211. The number of anilines is 1. The van der Waals surface area contributed by atoms with E-state index in [9.17, 15) is 9.59 Å². The first kappa shape index (κ1) is 17.2. The van der Waals surface area contributed by atoms with E-state index in [-0.39, 0.29) is 24.2 Å². The third-order valence-corrected chi connectivity index (χ3v) is 4.25. The van der Waals surface area contributed by atoms with Crippen LogP contribution in [-0.4, -0.2) is 17.5 Å². The summed E-state index contributed by atoms with van der Waals surface area (Å²) in [6.45, 7) is 1.97. The second kappa shape index (κ2) is 7.49. The van der Waals surface area contributed by atoms with Gasteiger partial charge in [0.15, 0.2) is 0 Å². The molecule has 0 saturated carbocycles. The largest absolute Gasteiger partial charge is 0.326 e. The lowest BCUT2D eigenvalue weighted by molar-refractivity contribution is -0.122. The predicted octanol–water partition coefficient (Wildman–Crippen LogP) is 3.38. The first-order valence-corrected chi connectivity index (χ1v) is 8.40. The van der Waals surface area contributed by atoms with E-state index in [1.54, 1.807) is 12.1 Å². The number of nitrogens with zero attached hydrogens (tertiary/aromatic N) is 1. The van der Waals surface area contributed by atoms with Crippen LogP contribution in [0.15, 0.2) is 53.6 Å². The van der Waals surface area contributed by atoms with Crippen LogP contribution in [0, 0.1) is 5.92 Å². The fourth-order valence-electron chi connectivity index (χ4n) is 2.72.